The minimum Gasteiger partial charge on any atom is -0.311 e. The van der Waals surface area contributed by atoms with Crippen molar-refractivity contribution in [1.82, 2.24) is 0 Å². The molecule has 2 aliphatic heterocycles. The largest absolute Gasteiger partial charge is 0.311 e. The number of benzene rings is 7. The van der Waals surface area contributed by atoms with Crippen molar-refractivity contribution >= 4 is 57.2 Å². The van der Waals surface area contributed by atoms with Gasteiger partial charge in [-0.3, -0.25) is 0 Å². The van der Waals surface area contributed by atoms with Crippen LogP contribution in [0.2, 0.25) is 0 Å². The smallest absolute Gasteiger partial charge is 0.252 e. The first-order chi connectivity index (χ1) is 25.8. The molecule has 246 valence electrons. The van der Waals surface area contributed by atoms with Crippen molar-refractivity contribution in [2.45, 2.75) is 31.1 Å². The second kappa shape index (κ2) is 10.6. The summed E-state index contributed by atoms with van der Waals surface area (Å²) in [5.74, 6) is 1.54. The van der Waals surface area contributed by atoms with Gasteiger partial charge < -0.3 is 9.80 Å². The molecule has 3 atom stereocenters. The summed E-state index contributed by atoms with van der Waals surface area (Å²) >= 11 is 0. The predicted molar refractivity (Wildman–Crippen MR) is 218 cm³/mol. The van der Waals surface area contributed by atoms with Gasteiger partial charge in [-0.15, -0.1) is 0 Å². The van der Waals surface area contributed by atoms with Gasteiger partial charge in [0.1, 0.15) is 0 Å². The molecule has 52 heavy (non-hydrogen) atoms. The van der Waals surface area contributed by atoms with Gasteiger partial charge in [-0.2, -0.15) is 0 Å². The highest BCUT2D eigenvalue weighted by molar-refractivity contribution is 7.00. The Labute approximate surface area is 306 Å². The lowest BCUT2D eigenvalue weighted by Crippen LogP contribution is -2.61. The fraction of sp³-hybridized carbons (Fsp3) is 0.143. The van der Waals surface area contributed by atoms with Crippen LogP contribution in [0.4, 0.5) is 34.1 Å². The van der Waals surface area contributed by atoms with Crippen LogP contribution in [0, 0.1) is 11.8 Å². The lowest BCUT2D eigenvalue weighted by atomic mass is 9.33. The molecule has 0 amide bonds. The van der Waals surface area contributed by atoms with E-state index in [1.54, 1.807) is 11.1 Å². The van der Waals surface area contributed by atoms with Gasteiger partial charge in [-0.25, -0.2) is 0 Å². The van der Waals surface area contributed by atoms with Crippen LogP contribution < -0.4 is 26.2 Å². The second-order valence-corrected chi connectivity index (χ2v) is 15.7. The van der Waals surface area contributed by atoms with E-state index in [1.807, 2.05) is 0 Å². The number of hydrogen-bond donors (Lipinski definition) is 0. The maximum absolute atomic E-state index is 2.71. The van der Waals surface area contributed by atoms with Crippen molar-refractivity contribution in [3.05, 3.63) is 175 Å². The second-order valence-electron chi connectivity index (χ2n) is 15.7. The van der Waals surface area contributed by atoms with E-state index < -0.39 is 0 Å². The molecule has 0 radical (unpaired) electrons. The van der Waals surface area contributed by atoms with Crippen molar-refractivity contribution < 1.29 is 0 Å². The Morgan fingerprint density at radius 2 is 1.13 bits per heavy atom. The third-order valence-electron chi connectivity index (χ3n) is 13.3. The zero-order valence-corrected chi connectivity index (χ0v) is 29.0. The van der Waals surface area contributed by atoms with Crippen LogP contribution in [0.1, 0.15) is 36.8 Å². The number of nitrogens with zero attached hydrogens (tertiary/aromatic N) is 2. The summed E-state index contributed by atoms with van der Waals surface area (Å²) in [5.41, 5.74) is 20.3. The average molecular weight is 665 g/mol. The maximum atomic E-state index is 2.71. The highest BCUT2D eigenvalue weighted by atomic mass is 15.2. The minimum atomic E-state index is 0.0874. The number of anilines is 6. The van der Waals surface area contributed by atoms with Gasteiger partial charge in [0.15, 0.2) is 0 Å². The third-order valence-corrected chi connectivity index (χ3v) is 13.3. The quantitative estimate of drug-likeness (QED) is 0.174. The molecule has 3 unspecified atom stereocenters. The Morgan fingerprint density at radius 3 is 1.83 bits per heavy atom. The molecule has 5 aliphatic rings. The molecular formula is C49H37BN2. The van der Waals surface area contributed by atoms with E-state index in [-0.39, 0.29) is 12.1 Å². The monoisotopic (exact) mass is 664 g/mol. The maximum Gasteiger partial charge on any atom is 0.252 e. The molecule has 7 aromatic carbocycles. The highest BCUT2D eigenvalue weighted by Gasteiger charge is 2.57. The standard InChI is InChI=1S/C49H37BN2/c1-4-13-33(14-5-1)34-24-26-44-42(28-34)50-43-30-41-39(38-19-10-11-20-40(38)49(41)31-32-23-25-35(49)27-32)29-47(43)52(37-17-8-3-9-18-37)46-22-12-21-45(48(46)50)51(44)36-15-6-2-7-16-36/h1-22,24,26,28-30,32,35H,23,25,27,31H2. The molecule has 0 aromatic heterocycles. The molecular weight excluding hydrogens is 627 g/mol. The molecule has 2 fully saturated rings. The Hall–Kier alpha value is -5.80. The van der Waals surface area contributed by atoms with Crippen LogP contribution in [0.3, 0.4) is 0 Å². The van der Waals surface area contributed by atoms with Crippen LogP contribution in [0.25, 0.3) is 22.3 Å². The van der Waals surface area contributed by atoms with E-state index in [0.717, 1.165) is 5.92 Å². The summed E-state index contributed by atoms with van der Waals surface area (Å²) < 4.78 is 0. The zero-order chi connectivity index (χ0) is 34.0. The van der Waals surface area contributed by atoms with Gasteiger partial charge >= 0.3 is 0 Å². The molecule has 2 bridgehead atoms. The fourth-order valence-electron chi connectivity index (χ4n) is 11.3. The van der Waals surface area contributed by atoms with Gasteiger partial charge in [0, 0.05) is 39.5 Å². The summed E-state index contributed by atoms with van der Waals surface area (Å²) in [6.45, 7) is 0.0874. The summed E-state index contributed by atoms with van der Waals surface area (Å²) in [7, 11) is 0. The number of hydrogen-bond acceptors (Lipinski definition) is 2. The average Bonchev–Trinajstić information content (AvgIpc) is 3.91. The molecule has 7 aromatic rings. The Balaban J connectivity index is 1.19. The van der Waals surface area contributed by atoms with Crippen molar-refractivity contribution in [3.8, 4) is 22.3 Å². The van der Waals surface area contributed by atoms with Gasteiger partial charge in [0.25, 0.3) is 6.71 Å². The molecule has 2 heterocycles. The van der Waals surface area contributed by atoms with E-state index >= 15 is 0 Å². The number of rotatable bonds is 3. The van der Waals surface area contributed by atoms with Crippen LogP contribution in [0.15, 0.2) is 164 Å². The van der Waals surface area contributed by atoms with Gasteiger partial charge in [0.05, 0.1) is 0 Å². The van der Waals surface area contributed by atoms with E-state index in [9.17, 15) is 0 Å². The lowest BCUT2D eigenvalue weighted by Gasteiger charge is -2.45. The summed E-state index contributed by atoms with van der Waals surface area (Å²) in [5, 5.41) is 0. The molecule has 12 rings (SSSR count). The van der Waals surface area contributed by atoms with Crippen molar-refractivity contribution in [2.75, 3.05) is 9.80 Å². The molecule has 1 spiro atoms. The van der Waals surface area contributed by atoms with Crippen molar-refractivity contribution in [1.29, 1.82) is 0 Å². The first kappa shape index (κ1) is 28.9. The van der Waals surface area contributed by atoms with Crippen LogP contribution in [-0.4, -0.2) is 6.71 Å². The Kier molecular flexibility index (Phi) is 5.89. The van der Waals surface area contributed by atoms with Crippen LogP contribution in [0.5, 0.6) is 0 Å². The molecule has 3 heteroatoms. The fourth-order valence-corrected chi connectivity index (χ4v) is 11.3. The van der Waals surface area contributed by atoms with Gasteiger partial charge in [0.2, 0.25) is 0 Å². The topological polar surface area (TPSA) is 6.48 Å². The molecule has 0 saturated heterocycles. The van der Waals surface area contributed by atoms with E-state index in [1.165, 1.54) is 98.4 Å². The Bertz CT molecular complexity index is 2560. The van der Waals surface area contributed by atoms with E-state index in [4.69, 9.17) is 0 Å². The minimum absolute atomic E-state index is 0.0874. The predicted octanol–water partition coefficient (Wildman–Crippen LogP) is 10.5. The Morgan fingerprint density at radius 1 is 0.481 bits per heavy atom. The lowest BCUT2D eigenvalue weighted by molar-refractivity contribution is 0.327. The summed E-state index contributed by atoms with van der Waals surface area (Å²) in [6.07, 6.45) is 5.39. The number of fused-ring (bicyclic) bond motifs is 12. The highest BCUT2D eigenvalue weighted by Crippen LogP contribution is 2.66. The molecule has 0 N–H and O–H groups in total. The molecule has 2 nitrogen and oxygen atoms in total. The normalized spacial score (nSPS) is 21.1. The molecule has 3 aliphatic carbocycles. The number of para-hydroxylation sites is 2. The third kappa shape index (κ3) is 3.76. The van der Waals surface area contributed by atoms with Crippen LogP contribution >= 0.6 is 0 Å². The van der Waals surface area contributed by atoms with E-state index in [2.05, 4.69) is 174 Å². The van der Waals surface area contributed by atoms with Gasteiger partial charge in [-0.1, -0.05) is 122 Å². The molecule has 2 saturated carbocycles. The van der Waals surface area contributed by atoms with Crippen molar-refractivity contribution in [2.24, 2.45) is 11.8 Å². The first-order valence-electron chi connectivity index (χ1n) is 19.1. The summed E-state index contributed by atoms with van der Waals surface area (Å²) in [4.78, 5) is 5.07. The zero-order valence-electron chi connectivity index (χ0n) is 29.0. The first-order valence-corrected chi connectivity index (χ1v) is 19.1. The SMILES string of the molecule is c1ccc(-c2ccc3c(c2)B2c4cc5c(cc4N(c4ccccc4)c4cccc(c42)N3c2ccccc2)-c2ccccc2C52CC3CCC2C3)cc1. The van der Waals surface area contributed by atoms with Crippen LogP contribution in [-0.2, 0) is 5.41 Å². The van der Waals surface area contributed by atoms with Crippen molar-refractivity contribution in [3.63, 3.8) is 0 Å². The summed E-state index contributed by atoms with van der Waals surface area (Å²) in [6, 6.07) is 61.8. The van der Waals surface area contributed by atoms with Gasteiger partial charge in [-0.05, 0) is 129 Å². The van der Waals surface area contributed by atoms with E-state index in [0.29, 0.717) is 5.92 Å².